The zero-order chi connectivity index (χ0) is 11.2. The van der Waals surface area contributed by atoms with Crippen molar-refractivity contribution in [1.82, 2.24) is 10.6 Å². The smallest absolute Gasteiger partial charge is 0.251 e. The topological polar surface area (TPSA) is 50.4 Å². The Bertz CT molecular complexity index is 179. The van der Waals surface area contributed by atoms with E-state index in [2.05, 4.69) is 10.6 Å². The molecule has 2 unspecified atom stereocenters. The summed E-state index contributed by atoms with van der Waals surface area (Å²) in [7, 11) is 3.43. The lowest BCUT2D eigenvalue weighted by molar-refractivity contribution is -0.141. The third kappa shape index (κ3) is 3.64. The van der Waals surface area contributed by atoms with E-state index in [1.807, 2.05) is 20.9 Å². The standard InChI is InChI=1S/C10H22N2O2/c1-6-10(3,14-5)9(13)12-7-8(2)11-4/h8,11H,6-7H2,1-5H3,(H,12,13). The summed E-state index contributed by atoms with van der Waals surface area (Å²) in [4.78, 5) is 11.7. The monoisotopic (exact) mass is 202 g/mol. The van der Waals surface area contributed by atoms with Crippen LogP contribution in [0.2, 0.25) is 0 Å². The number of amides is 1. The van der Waals surface area contributed by atoms with E-state index in [4.69, 9.17) is 4.74 Å². The maximum Gasteiger partial charge on any atom is 0.251 e. The molecule has 0 bridgehead atoms. The maximum atomic E-state index is 11.7. The van der Waals surface area contributed by atoms with Crippen LogP contribution in [0.5, 0.6) is 0 Å². The van der Waals surface area contributed by atoms with Gasteiger partial charge in [-0.25, -0.2) is 0 Å². The molecule has 0 spiro atoms. The second-order valence-corrected chi connectivity index (χ2v) is 3.69. The van der Waals surface area contributed by atoms with Gasteiger partial charge in [-0.1, -0.05) is 6.92 Å². The predicted octanol–water partition coefficient (Wildman–Crippen LogP) is 0.526. The Morgan fingerprint density at radius 1 is 1.57 bits per heavy atom. The quantitative estimate of drug-likeness (QED) is 0.660. The van der Waals surface area contributed by atoms with Crippen LogP contribution in [0.4, 0.5) is 0 Å². The highest BCUT2D eigenvalue weighted by molar-refractivity contribution is 5.84. The molecule has 2 atom stereocenters. The first-order valence-electron chi connectivity index (χ1n) is 5.00. The molecule has 0 saturated carbocycles. The minimum Gasteiger partial charge on any atom is -0.369 e. The van der Waals surface area contributed by atoms with Gasteiger partial charge in [-0.15, -0.1) is 0 Å². The number of likely N-dealkylation sites (N-methyl/N-ethyl adjacent to an activating group) is 1. The third-order valence-electron chi connectivity index (χ3n) is 2.67. The van der Waals surface area contributed by atoms with Crippen LogP contribution in [-0.2, 0) is 9.53 Å². The van der Waals surface area contributed by atoms with Gasteiger partial charge in [-0.2, -0.15) is 0 Å². The van der Waals surface area contributed by atoms with Gasteiger partial charge in [0.1, 0.15) is 5.60 Å². The molecule has 0 fully saturated rings. The van der Waals surface area contributed by atoms with Crippen molar-refractivity contribution in [3.8, 4) is 0 Å². The molecule has 14 heavy (non-hydrogen) atoms. The number of hydrogen-bond acceptors (Lipinski definition) is 3. The molecule has 0 aliphatic carbocycles. The predicted molar refractivity (Wildman–Crippen MR) is 57.2 cm³/mol. The molecule has 0 saturated heterocycles. The van der Waals surface area contributed by atoms with Crippen molar-refractivity contribution >= 4 is 5.91 Å². The van der Waals surface area contributed by atoms with Gasteiger partial charge in [-0.05, 0) is 27.3 Å². The van der Waals surface area contributed by atoms with E-state index < -0.39 is 5.60 Å². The van der Waals surface area contributed by atoms with Crippen LogP contribution in [0.1, 0.15) is 27.2 Å². The zero-order valence-corrected chi connectivity index (χ0v) is 9.81. The van der Waals surface area contributed by atoms with Gasteiger partial charge >= 0.3 is 0 Å². The number of hydrogen-bond donors (Lipinski definition) is 2. The number of rotatable bonds is 6. The van der Waals surface area contributed by atoms with Crippen LogP contribution in [0.3, 0.4) is 0 Å². The van der Waals surface area contributed by atoms with Crippen molar-refractivity contribution in [3.63, 3.8) is 0 Å². The number of carbonyl (C=O) groups is 1. The second-order valence-electron chi connectivity index (χ2n) is 3.69. The largest absolute Gasteiger partial charge is 0.369 e. The molecule has 84 valence electrons. The van der Waals surface area contributed by atoms with E-state index in [0.29, 0.717) is 13.0 Å². The highest BCUT2D eigenvalue weighted by Gasteiger charge is 2.30. The van der Waals surface area contributed by atoms with E-state index in [-0.39, 0.29) is 11.9 Å². The normalized spacial score (nSPS) is 17.2. The van der Waals surface area contributed by atoms with E-state index in [9.17, 15) is 4.79 Å². The van der Waals surface area contributed by atoms with Crippen molar-refractivity contribution in [2.75, 3.05) is 20.7 Å². The first-order valence-corrected chi connectivity index (χ1v) is 5.00. The summed E-state index contributed by atoms with van der Waals surface area (Å²) in [5.41, 5.74) is -0.701. The number of carbonyl (C=O) groups excluding carboxylic acids is 1. The summed E-state index contributed by atoms with van der Waals surface area (Å²) < 4.78 is 5.18. The highest BCUT2D eigenvalue weighted by atomic mass is 16.5. The van der Waals surface area contributed by atoms with Crippen molar-refractivity contribution in [2.45, 2.75) is 38.8 Å². The van der Waals surface area contributed by atoms with Gasteiger partial charge in [0.05, 0.1) is 0 Å². The average molecular weight is 202 g/mol. The van der Waals surface area contributed by atoms with E-state index in [1.54, 1.807) is 14.0 Å². The van der Waals surface area contributed by atoms with Gasteiger partial charge in [-0.3, -0.25) is 4.79 Å². The summed E-state index contributed by atoms with van der Waals surface area (Å²) in [6.07, 6.45) is 0.670. The van der Waals surface area contributed by atoms with Gasteiger partial charge in [0.2, 0.25) is 0 Å². The molecule has 4 heteroatoms. The Balaban J connectivity index is 4.06. The van der Waals surface area contributed by atoms with E-state index >= 15 is 0 Å². The lowest BCUT2D eigenvalue weighted by atomic mass is 10.0. The van der Waals surface area contributed by atoms with Crippen LogP contribution in [0, 0.1) is 0 Å². The van der Waals surface area contributed by atoms with Gasteiger partial charge < -0.3 is 15.4 Å². The van der Waals surface area contributed by atoms with Crippen LogP contribution in [-0.4, -0.2) is 38.3 Å². The SMILES string of the molecule is CCC(C)(OC)C(=O)NCC(C)NC. The molecule has 0 aromatic rings. The fourth-order valence-corrected chi connectivity index (χ4v) is 0.932. The number of nitrogens with one attached hydrogen (secondary N) is 2. The van der Waals surface area contributed by atoms with Crippen LogP contribution < -0.4 is 10.6 Å². The molecule has 0 rings (SSSR count). The molecule has 0 heterocycles. The van der Waals surface area contributed by atoms with Gasteiger partial charge in [0.15, 0.2) is 0 Å². The molecular weight excluding hydrogens is 180 g/mol. The average Bonchev–Trinajstić information content (AvgIpc) is 2.23. The summed E-state index contributed by atoms with van der Waals surface area (Å²) in [6, 6.07) is 0.275. The first kappa shape index (κ1) is 13.4. The van der Waals surface area contributed by atoms with Crippen molar-refractivity contribution in [1.29, 1.82) is 0 Å². The molecule has 1 amide bonds. The molecule has 0 radical (unpaired) electrons. The summed E-state index contributed by atoms with van der Waals surface area (Å²) >= 11 is 0. The maximum absolute atomic E-state index is 11.7. The van der Waals surface area contributed by atoms with Crippen molar-refractivity contribution in [3.05, 3.63) is 0 Å². The van der Waals surface area contributed by atoms with Crippen molar-refractivity contribution in [2.24, 2.45) is 0 Å². The highest BCUT2D eigenvalue weighted by Crippen LogP contribution is 2.13. The lowest BCUT2D eigenvalue weighted by Gasteiger charge is -2.26. The zero-order valence-electron chi connectivity index (χ0n) is 9.81. The molecule has 0 aromatic carbocycles. The summed E-state index contributed by atoms with van der Waals surface area (Å²) in [5.74, 6) is -0.0513. The molecule has 0 aliphatic rings. The molecule has 0 aliphatic heterocycles. The molecule has 2 N–H and O–H groups in total. The Morgan fingerprint density at radius 2 is 2.14 bits per heavy atom. The van der Waals surface area contributed by atoms with Crippen LogP contribution in [0.25, 0.3) is 0 Å². The number of methoxy groups -OCH3 is 1. The van der Waals surface area contributed by atoms with E-state index in [1.165, 1.54) is 0 Å². The Hall–Kier alpha value is -0.610. The fourth-order valence-electron chi connectivity index (χ4n) is 0.932. The fraction of sp³-hybridized carbons (Fsp3) is 0.900. The molecule has 0 aromatic heterocycles. The van der Waals surface area contributed by atoms with E-state index in [0.717, 1.165) is 0 Å². The Labute approximate surface area is 86.4 Å². The third-order valence-corrected chi connectivity index (χ3v) is 2.67. The van der Waals surface area contributed by atoms with Gasteiger partial charge in [0, 0.05) is 19.7 Å². The Morgan fingerprint density at radius 3 is 2.50 bits per heavy atom. The second kappa shape index (κ2) is 5.98. The lowest BCUT2D eigenvalue weighted by Crippen LogP contribution is -2.48. The van der Waals surface area contributed by atoms with Gasteiger partial charge in [0.25, 0.3) is 5.91 Å². The summed E-state index contributed by atoms with van der Waals surface area (Å²) in [5, 5.41) is 5.90. The minimum absolute atomic E-state index is 0.0513. The molecule has 4 nitrogen and oxygen atoms in total. The molecular formula is C10H22N2O2. The summed E-state index contributed by atoms with van der Waals surface area (Å²) in [6.45, 7) is 6.36. The van der Waals surface area contributed by atoms with Crippen LogP contribution in [0.15, 0.2) is 0 Å². The minimum atomic E-state index is -0.701. The number of ether oxygens (including phenoxy) is 1. The Kier molecular flexibility index (Phi) is 5.72. The van der Waals surface area contributed by atoms with Crippen molar-refractivity contribution < 1.29 is 9.53 Å². The first-order chi connectivity index (χ1) is 6.50. The van der Waals surface area contributed by atoms with Crippen LogP contribution >= 0.6 is 0 Å².